The van der Waals surface area contributed by atoms with Crippen LogP contribution < -0.4 is 9.47 Å². The minimum Gasteiger partial charge on any atom is -0.497 e. The van der Waals surface area contributed by atoms with E-state index in [1.807, 2.05) is 18.2 Å². The number of hydrogen-bond acceptors (Lipinski definition) is 5. The Bertz CT molecular complexity index is 628. The molecule has 1 aliphatic carbocycles. The van der Waals surface area contributed by atoms with Gasteiger partial charge in [0.05, 0.1) is 32.4 Å². The van der Waals surface area contributed by atoms with Gasteiger partial charge in [0.2, 0.25) is 0 Å². The Hall–Kier alpha value is -1.77. The van der Waals surface area contributed by atoms with Crippen LogP contribution in [0.1, 0.15) is 43.7 Å². The first-order valence-electron chi connectivity index (χ1n) is 8.68. The lowest BCUT2D eigenvalue weighted by atomic mass is 9.66. The number of nitrogens with zero attached hydrogens (tertiary/aromatic N) is 2. The number of piperidine rings is 1. The Morgan fingerprint density at radius 3 is 2.83 bits per heavy atom. The summed E-state index contributed by atoms with van der Waals surface area (Å²) in [6, 6.07) is 8.12. The van der Waals surface area contributed by atoms with Crippen molar-refractivity contribution < 1.29 is 14.6 Å². The third-order valence-corrected chi connectivity index (χ3v) is 5.70. The molecule has 0 bridgehead atoms. The van der Waals surface area contributed by atoms with E-state index >= 15 is 0 Å². The molecule has 0 radical (unpaired) electrons. The van der Waals surface area contributed by atoms with Crippen LogP contribution in [0.5, 0.6) is 11.5 Å². The number of methoxy groups -OCH3 is 2. The highest BCUT2D eigenvalue weighted by molar-refractivity contribution is 5.43. The third kappa shape index (κ3) is 2.97. The number of nitriles is 1. The van der Waals surface area contributed by atoms with Gasteiger partial charge in [-0.25, -0.2) is 0 Å². The molecule has 1 saturated carbocycles. The van der Waals surface area contributed by atoms with Gasteiger partial charge < -0.3 is 14.6 Å². The van der Waals surface area contributed by atoms with E-state index in [0.717, 1.165) is 55.7 Å². The fourth-order valence-electron chi connectivity index (χ4n) is 4.49. The minimum atomic E-state index is -0.625. The zero-order chi connectivity index (χ0) is 17.2. The summed E-state index contributed by atoms with van der Waals surface area (Å²) in [6.07, 6.45) is 4.79. The summed E-state index contributed by atoms with van der Waals surface area (Å²) in [7, 11) is 3.29. The van der Waals surface area contributed by atoms with E-state index < -0.39 is 5.60 Å². The largest absolute Gasteiger partial charge is 0.497 e. The average Bonchev–Trinajstić information content (AvgIpc) is 2.61. The first-order chi connectivity index (χ1) is 11.6. The van der Waals surface area contributed by atoms with Crippen molar-refractivity contribution in [1.82, 2.24) is 4.90 Å². The summed E-state index contributed by atoms with van der Waals surface area (Å²) >= 11 is 0. The second-order valence-electron chi connectivity index (χ2n) is 6.89. The number of likely N-dealkylation sites (tertiary alicyclic amines) is 1. The average molecular weight is 330 g/mol. The first-order valence-corrected chi connectivity index (χ1v) is 8.68. The molecule has 3 rings (SSSR count). The fourth-order valence-corrected chi connectivity index (χ4v) is 4.49. The van der Waals surface area contributed by atoms with E-state index in [9.17, 15) is 10.4 Å². The number of aliphatic hydroxyl groups is 1. The van der Waals surface area contributed by atoms with E-state index in [1.165, 1.54) is 0 Å². The molecule has 1 heterocycles. The topological polar surface area (TPSA) is 65.7 Å². The van der Waals surface area contributed by atoms with Gasteiger partial charge in [-0.15, -0.1) is 0 Å². The van der Waals surface area contributed by atoms with Gasteiger partial charge in [-0.1, -0.05) is 18.9 Å². The van der Waals surface area contributed by atoms with Gasteiger partial charge in [0.25, 0.3) is 0 Å². The number of rotatable bonds is 4. The molecular formula is C19H26N2O3. The highest BCUT2D eigenvalue weighted by atomic mass is 16.5. The quantitative estimate of drug-likeness (QED) is 0.860. The molecule has 24 heavy (non-hydrogen) atoms. The lowest BCUT2D eigenvalue weighted by molar-refractivity contribution is -0.122. The van der Waals surface area contributed by atoms with Crippen molar-refractivity contribution in [2.75, 3.05) is 27.3 Å². The van der Waals surface area contributed by atoms with Gasteiger partial charge in [0.15, 0.2) is 0 Å². The molecule has 0 aromatic heterocycles. The van der Waals surface area contributed by atoms with Crippen molar-refractivity contribution in [3.8, 4) is 17.6 Å². The molecule has 0 amide bonds. The maximum Gasteiger partial charge on any atom is 0.127 e. The number of benzene rings is 1. The maximum atomic E-state index is 11.2. The van der Waals surface area contributed by atoms with Crippen LogP contribution in [0.3, 0.4) is 0 Å². The number of fused-ring (bicyclic) bond motifs is 1. The molecule has 2 fully saturated rings. The fraction of sp³-hybridized carbons (Fsp3) is 0.632. The van der Waals surface area contributed by atoms with Crippen molar-refractivity contribution in [1.29, 1.82) is 5.26 Å². The Balaban J connectivity index is 2.04. The Morgan fingerprint density at radius 2 is 2.12 bits per heavy atom. The standard InChI is InChI=1S/C19H26N2O3/c1-23-14-6-7-15(17(13-14)24-2)18-16-5-3-4-8-19(16,22)9-11-21(18)12-10-20/h6-7,13,16,18,22H,3-5,8-9,11-12H2,1-2H3/t16-,18-,19+/m1/s1. The summed E-state index contributed by atoms with van der Waals surface area (Å²) in [6.45, 7) is 1.10. The monoisotopic (exact) mass is 330 g/mol. The second kappa shape index (κ2) is 7.00. The molecule has 2 aliphatic rings. The summed E-state index contributed by atoms with van der Waals surface area (Å²) in [5.41, 5.74) is 0.415. The molecule has 3 atom stereocenters. The lowest BCUT2D eigenvalue weighted by Crippen LogP contribution is -2.54. The molecule has 1 aromatic rings. The van der Waals surface area contributed by atoms with Gasteiger partial charge >= 0.3 is 0 Å². The summed E-state index contributed by atoms with van der Waals surface area (Å²) in [5, 5.41) is 20.4. The van der Waals surface area contributed by atoms with Crippen molar-refractivity contribution >= 4 is 0 Å². The molecule has 1 aromatic carbocycles. The molecule has 130 valence electrons. The normalized spacial score (nSPS) is 30.2. The summed E-state index contributed by atoms with van der Waals surface area (Å²) < 4.78 is 10.9. The van der Waals surface area contributed by atoms with Gasteiger partial charge in [0.1, 0.15) is 11.5 Å². The van der Waals surface area contributed by atoms with Gasteiger partial charge in [-0.05, 0) is 25.3 Å². The second-order valence-corrected chi connectivity index (χ2v) is 6.89. The van der Waals surface area contributed by atoms with E-state index in [-0.39, 0.29) is 12.0 Å². The summed E-state index contributed by atoms with van der Waals surface area (Å²) in [5.74, 6) is 1.64. The Kier molecular flexibility index (Phi) is 4.98. The Labute approximate surface area is 143 Å². The lowest BCUT2D eigenvalue weighted by Gasteiger charge is -2.52. The number of hydrogen-bond donors (Lipinski definition) is 1. The van der Waals surface area contributed by atoms with Crippen LogP contribution in [0.15, 0.2) is 18.2 Å². The molecular weight excluding hydrogens is 304 g/mol. The van der Waals surface area contributed by atoms with Gasteiger partial charge in [-0.2, -0.15) is 5.26 Å². The highest BCUT2D eigenvalue weighted by Gasteiger charge is 2.49. The van der Waals surface area contributed by atoms with E-state index in [4.69, 9.17) is 9.47 Å². The smallest absolute Gasteiger partial charge is 0.127 e. The molecule has 1 saturated heterocycles. The molecule has 1 aliphatic heterocycles. The Morgan fingerprint density at radius 1 is 1.29 bits per heavy atom. The SMILES string of the molecule is COc1ccc([C@@H]2[C@H]3CCCC[C@]3(O)CCN2CC#N)c(OC)c1. The zero-order valence-electron chi connectivity index (χ0n) is 14.5. The van der Waals surface area contributed by atoms with Gasteiger partial charge in [0, 0.05) is 30.1 Å². The predicted octanol–water partition coefficient (Wildman–Crippen LogP) is 2.90. The van der Waals surface area contributed by atoms with Crippen LogP contribution in [0.25, 0.3) is 0 Å². The van der Waals surface area contributed by atoms with Crippen LogP contribution in [0, 0.1) is 17.2 Å². The molecule has 1 N–H and O–H groups in total. The van der Waals surface area contributed by atoms with E-state index in [2.05, 4.69) is 11.0 Å². The highest BCUT2D eigenvalue weighted by Crippen LogP contribution is 2.51. The molecule has 5 nitrogen and oxygen atoms in total. The van der Waals surface area contributed by atoms with Crippen molar-refractivity contribution in [3.05, 3.63) is 23.8 Å². The van der Waals surface area contributed by atoms with Crippen molar-refractivity contribution in [2.45, 2.75) is 43.7 Å². The summed E-state index contributed by atoms with van der Waals surface area (Å²) in [4.78, 5) is 2.19. The number of ether oxygens (including phenoxy) is 2. The molecule has 0 spiro atoms. The first kappa shape index (κ1) is 17.1. The third-order valence-electron chi connectivity index (χ3n) is 5.70. The van der Waals surface area contributed by atoms with Crippen LogP contribution in [0.2, 0.25) is 0 Å². The van der Waals surface area contributed by atoms with Crippen LogP contribution in [-0.4, -0.2) is 42.9 Å². The van der Waals surface area contributed by atoms with Crippen molar-refractivity contribution in [3.63, 3.8) is 0 Å². The van der Waals surface area contributed by atoms with Crippen LogP contribution in [-0.2, 0) is 0 Å². The van der Waals surface area contributed by atoms with Crippen LogP contribution >= 0.6 is 0 Å². The minimum absolute atomic E-state index is 0.00422. The maximum absolute atomic E-state index is 11.2. The van der Waals surface area contributed by atoms with Gasteiger partial charge in [-0.3, -0.25) is 4.90 Å². The predicted molar refractivity (Wildman–Crippen MR) is 91.0 cm³/mol. The van der Waals surface area contributed by atoms with Crippen LogP contribution in [0.4, 0.5) is 0 Å². The zero-order valence-corrected chi connectivity index (χ0v) is 14.5. The van der Waals surface area contributed by atoms with E-state index in [0.29, 0.717) is 6.54 Å². The van der Waals surface area contributed by atoms with Crippen molar-refractivity contribution in [2.24, 2.45) is 5.92 Å². The molecule has 0 unspecified atom stereocenters. The molecule has 5 heteroatoms. The van der Waals surface area contributed by atoms with E-state index in [1.54, 1.807) is 14.2 Å².